The highest BCUT2D eigenvalue weighted by Crippen LogP contribution is 2.31. The van der Waals surface area contributed by atoms with Crippen LogP contribution in [0.4, 0.5) is 10.1 Å². The van der Waals surface area contributed by atoms with E-state index in [4.69, 9.17) is 16.3 Å². The van der Waals surface area contributed by atoms with Gasteiger partial charge in [-0.15, -0.1) is 0 Å². The summed E-state index contributed by atoms with van der Waals surface area (Å²) in [5.74, 6) is 0.983. The molecule has 1 unspecified atom stereocenters. The van der Waals surface area contributed by atoms with Crippen molar-refractivity contribution in [3.05, 3.63) is 94.8 Å². The normalized spacial score (nSPS) is 15.3. The zero-order valence-corrected chi connectivity index (χ0v) is 23.8. The van der Waals surface area contributed by atoms with Crippen LogP contribution in [0.15, 0.2) is 72.8 Å². The molecule has 0 spiro atoms. The van der Waals surface area contributed by atoms with Crippen molar-refractivity contribution in [2.75, 3.05) is 25.0 Å². The summed E-state index contributed by atoms with van der Waals surface area (Å²) >= 11 is 6.09. The van der Waals surface area contributed by atoms with Crippen LogP contribution in [0.5, 0.6) is 5.75 Å². The zero-order valence-electron chi connectivity index (χ0n) is 23.0. The van der Waals surface area contributed by atoms with Crippen LogP contribution < -0.4 is 10.1 Å². The lowest BCUT2D eigenvalue weighted by Gasteiger charge is -2.32. The third-order valence-corrected chi connectivity index (χ3v) is 7.76. The lowest BCUT2D eigenvalue weighted by Crippen LogP contribution is -2.33. The number of hydrogen-bond acceptors (Lipinski definition) is 3. The number of rotatable bonds is 12. The fourth-order valence-electron chi connectivity index (χ4n) is 5.14. The number of halogens is 2. The lowest BCUT2D eigenvalue weighted by molar-refractivity contribution is -0.118. The Morgan fingerprint density at radius 3 is 2.41 bits per heavy atom. The van der Waals surface area contributed by atoms with Crippen LogP contribution in [0.1, 0.15) is 75.5 Å². The molecule has 1 aliphatic rings. The van der Waals surface area contributed by atoms with Crippen molar-refractivity contribution in [1.29, 1.82) is 0 Å². The minimum absolute atomic E-state index is 0.0254. The van der Waals surface area contributed by atoms with Gasteiger partial charge >= 0.3 is 0 Å². The van der Waals surface area contributed by atoms with E-state index >= 15 is 0 Å². The van der Waals surface area contributed by atoms with Crippen LogP contribution in [0.25, 0.3) is 0 Å². The molecule has 6 heteroatoms. The van der Waals surface area contributed by atoms with Gasteiger partial charge in [-0.25, -0.2) is 4.39 Å². The number of likely N-dealkylation sites (tertiary alicyclic amines) is 1. The number of nitrogens with one attached hydrogen (secondary N) is 1. The Bertz CT molecular complexity index is 1180. The predicted octanol–water partition coefficient (Wildman–Crippen LogP) is 8.63. The summed E-state index contributed by atoms with van der Waals surface area (Å²) in [5.41, 5.74) is 3.30. The number of carbonyl (C=O) groups excluding carboxylic acids is 1. The number of hydrogen-bond donors (Lipinski definition) is 1. The van der Waals surface area contributed by atoms with E-state index in [2.05, 4.69) is 28.4 Å². The van der Waals surface area contributed by atoms with Gasteiger partial charge in [-0.2, -0.15) is 0 Å². The first-order chi connectivity index (χ1) is 18.9. The molecule has 1 fully saturated rings. The highest BCUT2D eigenvalue weighted by molar-refractivity contribution is 6.30. The Morgan fingerprint density at radius 2 is 1.72 bits per heavy atom. The number of unbranched alkanes of at least 4 members (excludes halogenated alkanes) is 2. The molecule has 4 rings (SSSR count). The summed E-state index contributed by atoms with van der Waals surface area (Å²) in [5, 5.41) is 3.73. The van der Waals surface area contributed by atoms with Crippen LogP contribution >= 0.6 is 11.6 Å². The molecule has 0 radical (unpaired) electrons. The van der Waals surface area contributed by atoms with Crippen molar-refractivity contribution in [3.8, 4) is 5.75 Å². The molecule has 1 N–H and O–H groups in total. The quantitative estimate of drug-likeness (QED) is 0.229. The molecule has 1 amide bonds. The van der Waals surface area contributed by atoms with Crippen LogP contribution in [0.3, 0.4) is 0 Å². The first kappa shape index (κ1) is 29.1. The highest BCUT2D eigenvalue weighted by atomic mass is 35.5. The minimum Gasteiger partial charge on any atom is -0.486 e. The molecular formula is C33H40ClFN2O2. The molecule has 4 nitrogen and oxygen atoms in total. The second-order valence-corrected chi connectivity index (χ2v) is 11.3. The maximum atomic E-state index is 13.3. The van der Waals surface area contributed by atoms with E-state index in [0.29, 0.717) is 16.7 Å². The number of benzene rings is 3. The largest absolute Gasteiger partial charge is 0.486 e. The third-order valence-electron chi connectivity index (χ3n) is 7.51. The summed E-state index contributed by atoms with van der Waals surface area (Å²) in [6.45, 7) is 7.15. The summed E-state index contributed by atoms with van der Waals surface area (Å²) < 4.78 is 19.6. The van der Waals surface area contributed by atoms with Crippen LogP contribution in [0.2, 0.25) is 5.02 Å². The standard InChI is InChI=1S/C33H40ClFN2O2/c1-24(2)33(38)36-30-8-6-7-27(23-30)25-18-21-37(22-19-25)20-5-3-4-9-32(26-10-12-28(34)13-11-26)39-31-16-14-29(35)15-17-31/h6-8,10-17,23-25,32H,3-5,9,18-22H2,1-2H3,(H,36,38). The molecule has 39 heavy (non-hydrogen) atoms. The smallest absolute Gasteiger partial charge is 0.226 e. The maximum absolute atomic E-state index is 13.3. The fraction of sp³-hybridized carbons (Fsp3) is 0.424. The second-order valence-electron chi connectivity index (χ2n) is 10.8. The molecule has 0 aliphatic carbocycles. The van der Waals surface area contributed by atoms with Gasteiger partial charge < -0.3 is 15.0 Å². The topological polar surface area (TPSA) is 41.6 Å². The Kier molecular flexibility index (Phi) is 10.8. The van der Waals surface area contributed by atoms with Gasteiger partial charge in [0.05, 0.1) is 0 Å². The van der Waals surface area contributed by atoms with Crippen molar-refractivity contribution in [2.45, 2.75) is 64.4 Å². The Balaban J connectivity index is 1.20. The molecule has 0 bridgehead atoms. The minimum atomic E-state index is -0.266. The zero-order chi connectivity index (χ0) is 27.6. The van der Waals surface area contributed by atoms with E-state index in [1.54, 1.807) is 12.1 Å². The van der Waals surface area contributed by atoms with E-state index in [-0.39, 0.29) is 23.7 Å². The molecule has 3 aromatic carbocycles. The average Bonchev–Trinajstić information content (AvgIpc) is 2.94. The number of amides is 1. The van der Waals surface area contributed by atoms with Gasteiger partial charge in [-0.05, 0) is 117 Å². The van der Waals surface area contributed by atoms with Crippen molar-refractivity contribution >= 4 is 23.2 Å². The van der Waals surface area contributed by atoms with E-state index in [1.165, 1.54) is 17.7 Å². The SMILES string of the molecule is CC(C)C(=O)Nc1cccc(C2CCN(CCCCCC(Oc3ccc(F)cc3)c3ccc(Cl)cc3)CC2)c1. The second kappa shape index (κ2) is 14.5. The Hall–Kier alpha value is -2.89. The fourth-order valence-corrected chi connectivity index (χ4v) is 5.26. The van der Waals surface area contributed by atoms with E-state index in [0.717, 1.165) is 69.4 Å². The first-order valence-electron chi connectivity index (χ1n) is 14.2. The van der Waals surface area contributed by atoms with Crippen molar-refractivity contribution in [2.24, 2.45) is 5.92 Å². The van der Waals surface area contributed by atoms with Gasteiger partial charge in [0.15, 0.2) is 0 Å². The molecule has 1 aliphatic heterocycles. The number of carbonyl (C=O) groups is 1. The maximum Gasteiger partial charge on any atom is 0.226 e. The molecule has 208 valence electrons. The van der Waals surface area contributed by atoms with Crippen molar-refractivity contribution in [1.82, 2.24) is 4.90 Å². The van der Waals surface area contributed by atoms with E-state index in [9.17, 15) is 9.18 Å². The molecule has 3 aromatic rings. The monoisotopic (exact) mass is 550 g/mol. The molecule has 0 saturated carbocycles. The summed E-state index contributed by atoms with van der Waals surface area (Å²) in [6.07, 6.45) is 6.44. The molecular weight excluding hydrogens is 511 g/mol. The van der Waals surface area contributed by atoms with Gasteiger partial charge in [0.2, 0.25) is 5.91 Å². The molecule has 0 aromatic heterocycles. The lowest BCUT2D eigenvalue weighted by atomic mass is 9.89. The number of ether oxygens (including phenoxy) is 1. The number of anilines is 1. The first-order valence-corrected chi connectivity index (χ1v) is 14.6. The van der Waals surface area contributed by atoms with Crippen LogP contribution in [-0.4, -0.2) is 30.4 Å². The number of nitrogens with zero attached hydrogens (tertiary/aromatic N) is 1. The Morgan fingerprint density at radius 1 is 1.00 bits per heavy atom. The van der Waals surface area contributed by atoms with Crippen molar-refractivity contribution in [3.63, 3.8) is 0 Å². The highest BCUT2D eigenvalue weighted by Gasteiger charge is 2.21. The predicted molar refractivity (Wildman–Crippen MR) is 158 cm³/mol. The van der Waals surface area contributed by atoms with Gasteiger partial charge in [-0.1, -0.05) is 56.1 Å². The number of piperidine rings is 1. The van der Waals surface area contributed by atoms with E-state index < -0.39 is 0 Å². The van der Waals surface area contributed by atoms with Crippen molar-refractivity contribution < 1.29 is 13.9 Å². The molecule has 1 heterocycles. The van der Waals surface area contributed by atoms with Gasteiger partial charge in [0, 0.05) is 16.6 Å². The summed E-state index contributed by atoms with van der Waals surface area (Å²) in [4.78, 5) is 14.6. The van der Waals surface area contributed by atoms with Gasteiger partial charge in [0.1, 0.15) is 17.7 Å². The summed E-state index contributed by atoms with van der Waals surface area (Å²) in [7, 11) is 0. The van der Waals surface area contributed by atoms with Gasteiger partial charge in [0.25, 0.3) is 0 Å². The Labute approximate surface area is 237 Å². The molecule has 1 saturated heterocycles. The van der Waals surface area contributed by atoms with E-state index in [1.807, 2.05) is 44.2 Å². The molecule has 1 atom stereocenters. The summed E-state index contributed by atoms with van der Waals surface area (Å²) in [6, 6.07) is 22.4. The average molecular weight is 551 g/mol. The van der Waals surface area contributed by atoms with Crippen LogP contribution in [-0.2, 0) is 4.79 Å². The van der Waals surface area contributed by atoms with Crippen LogP contribution in [0, 0.1) is 11.7 Å². The van der Waals surface area contributed by atoms with Gasteiger partial charge in [-0.3, -0.25) is 4.79 Å². The third kappa shape index (κ3) is 9.08.